The maximum absolute atomic E-state index is 9.17. The van der Waals surface area contributed by atoms with Crippen molar-refractivity contribution in [3.63, 3.8) is 0 Å². The first-order valence-electron chi connectivity index (χ1n) is 7.74. The van der Waals surface area contributed by atoms with Crippen molar-refractivity contribution in [3.8, 4) is 11.8 Å². The van der Waals surface area contributed by atoms with Gasteiger partial charge in [0.1, 0.15) is 11.8 Å². The molecule has 0 saturated heterocycles. The quantitative estimate of drug-likeness (QED) is 0.786. The molecule has 1 atom stereocenters. The minimum absolute atomic E-state index is 0.177. The molecule has 0 aliphatic carbocycles. The number of aliphatic hydroxyl groups is 1. The van der Waals surface area contributed by atoms with Crippen LogP contribution in [0.3, 0.4) is 0 Å². The van der Waals surface area contributed by atoms with Crippen molar-refractivity contribution in [1.82, 2.24) is 5.32 Å². The fourth-order valence-corrected chi connectivity index (χ4v) is 2.56. The summed E-state index contributed by atoms with van der Waals surface area (Å²) >= 11 is 0. The minimum atomic E-state index is 0.177. The molecule has 2 aromatic rings. The lowest BCUT2D eigenvalue weighted by Crippen LogP contribution is -2.21. The third kappa shape index (κ3) is 4.82. The zero-order valence-corrected chi connectivity index (χ0v) is 13.3. The van der Waals surface area contributed by atoms with E-state index in [1.54, 1.807) is 7.11 Å². The van der Waals surface area contributed by atoms with E-state index in [1.165, 1.54) is 5.56 Å². The first kappa shape index (κ1) is 17.0. The fraction of sp³-hybridized carbons (Fsp3) is 0.316. The minimum Gasteiger partial charge on any atom is -0.495 e. The second-order valence-electron chi connectivity index (χ2n) is 5.36. The second kappa shape index (κ2) is 8.94. The predicted molar refractivity (Wildman–Crippen MR) is 90.1 cm³/mol. The summed E-state index contributed by atoms with van der Waals surface area (Å²) in [5.74, 6) is 0.594. The number of hydrogen-bond donors (Lipinski definition) is 2. The summed E-state index contributed by atoms with van der Waals surface area (Å²) in [5.41, 5.74) is 2.78. The van der Waals surface area contributed by atoms with E-state index in [2.05, 4.69) is 23.5 Å². The molecule has 1 unspecified atom stereocenters. The molecule has 0 heterocycles. The standard InChI is InChI=1S/C19H22N2O2/c1-23-19-10-9-15(12-17(19)13-20)14-21-18(8-5-11-22)16-6-3-2-4-7-16/h2-4,6-7,9-10,12,18,21-22H,5,8,11,14H2,1H3. The SMILES string of the molecule is COc1ccc(CNC(CCCO)c2ccccc2)cc1C#N. The van der Waals surface area contributed by atoms with Gasteiger partial charge in [-0.25, -0.2) is 0 Å². The zero-order chi connectivity index (χ0) is 16.5. The highest BCUT2D eigenvalue weighted by Gasteiger charge is 2.11. The zero-order valence-electron chi connectivity index (χ0n) is 13.3. The highest BCUT2D eigenvalue weighted by atomic mass is 16.5. The Kier molecular flexibility index (Phi) is 6.61. The largest absolute Gasteiger partial charge is 0.495 e. The van der Waals surface area contributed by atoms with Crippen LogP contribution in [0.15, 0.2) is 48.5 Å². The predicted octanol–water partition coefficient (Wildman–Crippen LogP) is 3.17. The molecule has 0 aliphatic heterocycles. The second-order valence-corrected chi connectivity index (χ2v) is 5.36. The van der Waals surface area contributed by atoms with E-state index in [0.717, 1.165) is 18.4 Å². The Hall–Kier alpha value is -2.35. The van der Waals surface area contributed by atoms with Crippen molar-refractivity contribution < 1.29 is 9.84 Å². The van der Waals surface area contributed by atoms with E-state index in [9.17, 15) is 0 Å². The summed E-state index contributed by atoms with van der Waals surface area (Å²) in [7, 11) is 1.56. The van der Waals surface area contributed by atoms with Crippen LogP contribution in [0.5, 0.6) is 5.75 Å². The molecule has 120 valence electrons. The van der Waals surface area contributed by atoms with Gasteiger partial charge in [0, 0.05) is 19.2 Å². The number of nitriles is 1. The van der Waals surface area contributed by atoms with Crippen LogP contribution in [-0.4, -0.2) is 18.8 Å². The van der Waals surface area contributed by atoms with Gasteiger partial charge in [0.25, 0.3) is 0 Å². The number of nitrogens with zero attached hydrogens (tertiary/aromatic N) is 1. The average Bonchev–Trinajstić information content (AvgIpc) is 2.62. The van der Waals surface area contributed by atoms with Crippen LogP contribution >= 0.6 is 0 Å². The number of nitrogens with one attached hydrogen (secondary N) is 1. The number of methoxy groups -OCH3 is 1. The van der Waals surface area contributed by atoms with E-state index < -0.39 is 0 Å². The van der Waals surface area contributed by atoms with Crippen molar-refractivity contribution in [2.75, 3.05) is 13.7 Å². The van der Waals surface area contributed by atoms with Gasteiger partial charge in [-0.2, -0.15) is 5.26 Å². The summed E-state index contributed by atoms with van der Waals surface area (Å²) in [5, 5.41) is 21.8. The lowest BCUT2D eigenvalue weighted by molar-refractivity contribution is 0.275. The number of rotatable bonds is 8. The molecule has 2 N–H and O–H groups in total. The molecule has 23 heavy (non-hydrogen) atoms. The third-order valence-electron chi connectivity index (χ3n) is 3.79. The Balaban J connectivity index is 2.08. The van der Waals surface area contributed by atoms with Gasteiger partial charge in [-0.05, 0) is 36.1 Å². The molecule has 4 nitrogen and oxygen atoms in total. The Morgan fingerprint density at radius 3 is 2.65 bits per heavy atom. The van der Waals surface area contributed by atoms with Crippen molar-refractivity contribution in [1.29, 1.82) is 5.26 Å². The monoisotopic (exact) mass is 310 g/mol. The summed E-state index contributed by atoms with van der Waals surface area (Å²) in [6.07, 6.45) is 1.61. The first-order valence-corrected chi connectivity index (χ1v) is 7.74. The van der Waals surface area contributed by atoms with Gasteiger partial charge in [0.2, 0.25) is 0 Å². The molecule has 0 aromatic heterocycles. The normalized spacial score (nSPS) is 11.7. The van der Waals surface area contributed by atoms with Gasteiger partial charge in [0.05, 0.1) is 12.7 Å². The molecule has 4 heteroatoms. The topological polar surface area (TPSA) is 65.3 Å². The molecular formula is C19H22N2O2. The molecule has 2 aromatic carbocycles. The first-order chi connectivity index (χ1) is 11.3. The van der Waals surface area contributed by atoms with Gasteiger partial charge in [0.15, 0.2) is 0 Å². The van der Waals surface area contributed by atoms with Gasteiger partial charge in [-0.15, -0.1) is 0 Å². The highest BCUT2D eigenvalue weighted by molar-refractivity contribution is 5.45. The number of hydrogen-bond acceptors (Lipinski definition) is 4. The highest BCUT2D eigenvalue weighted by Crippen LogP contribution is 2.21. The van der Waals surface area contributed by atoms with Crippen molar-refractivity contribution in [3.05, 3.63) is 65.2 Å². The molecule has 0 spiro atoms. The molecule has 0 fully saturated rings. The number of benzene rings is 2. The van der Waals surface area contributed by atoms with Crippen molar-refractivity contribution in [2.45, 2.75) is 25.4 Å². The van der Waals surface area contributed by atoms with Crippen LogP contribution < -0.4 is 10.1 Å². The Morgan fingerprint density at radius 2 is 2.00 bits per heavy atom. The third-order valence-corrected chi connectivity index (χ3v) is 3.79. The van der Waals surface area contributed by atoms with E-state index in [4.69, 9.17) is 15.1 Å². The van der Waals surface area contributed by atoms with E-state index in [-0.39, 0.29) is 12.6 Å². The lowest BCUT2D eigenvalue weighted by atomic mass is 10.0. The molecule has 0 bridgehead atoms. The molecule has 0 saturated carbocycles. The Morgan fingerprint density at radius 1 is 1.22 bits per heavy atom. The van der Waals surface area contributed by atoms with Crippen LogP contribution in [0.1, 0.15) is 35.6 Å². The lowest BCUT2D eigenvalue weighted by Gasteiger charge is -2.19. The summed E-state index contributed by atoms with van der Waals surface area (Å²) in [6, 6.07) is 18.2. The Bertz CT molecular complexity index is 650. The van der Waals surface area contributed by atoms with Gasteiger partial charge in [-0.3, -0.25) is 0 Å². The Labute approximate surface area is 137 Å². The molecule has 0 amide bonds. The van der Waals surface area contributed by atoms with Gasteiger partial charge >= 0.3 is 0 Å². The van der Waals surface area contributed by atoms with Crippen LogP contribution in [-0.2, 0) is 6.54 Å². The average molecular weight is 310 g/mol. The molecule has 0 aliphatic rings. The molecule has 2 rings (SSSR count). The van der Waals surface area contributed by atoms with Crippen molar-refractivity contribution >= 4 is 0 Å². The molecule has 0 radical (unpaired) electrons. The smallest absolute Gasteiger partial charge is 0.136 e. The van der Waals surface area contributed by atoms with E-state index >= 15 is 0 Å². The summed E-state index contributed by atoms with van der Waals surface area (Å²) < 4.78 is 5.17. The van der Waals surface area contributed by atoms with E-state index in [0.29, 0.717) is 17.9 Å². The number of ether oxygens (including phenoxy) is 1. The van der Waals surface area contributed by atoms with Crippen LogP contribution in [0, 0.1) is 11.3 Å². The fourth-order valence-electron chi connectivity index (χ4n) is 2.56. The van der Waals surface area contributed by atoms with Crippen molar-refractivity contribution in [2.24, 2.45) is 0 Å². The van der Waals surface area contributed by atoms with Crippen LogP contribution in [0.25, 0.3) is 0 Å². The maximum atomic E-state index is 9.17. The van der Waals surface area contributed by atoms with Gasteiger partial charge < -0.3 is 15.2 Å². The van der Waals surface area contributed by atoms with E-state index in [1.807, 2.05) is 36.4 Å². The van der Waals surface area contributed by atoms with Crippen LogP contribution in [0.4, 0.5) is 0 Å². The number of aliphatic hydroxyl groups excluding tert-OH is 1. The maximum Gasteiger partial charge on any atom is 0.136 e. The van der Waals surface area contributed by atoms with Gasteiger partial charge in [-0.1, -0.05) is 36.4 Å². The summed E-state index contributed by atoms with van der Waals surface area (Å²) in [6.45, 7) is 0.843. The molecular weight excluding hydrogens is 288 g/mol. The summed E-state index contributed by atoms with van der Waals surface area (Å²) in [4.78, 5) is 0. The van der Waals surface area contributed by atoms with Crippen LogP contribution in [0.2, 0.25) is 0 Å².